The Morgan fingerprint density at radius 2 is 2.06 bits per heavy atom. The van der Waals surface area contributed by atoms with Crippen molar-refractivity contribution in [1.29, 1.82) is 0 Å². The van der Waals surface area contributed by atoms with Crippen molar-refractivity contribution >= 4 is 21.8 Å². The van der Waals surface area contributed by atoms with E-state index in [1.165, 1.54) is 6.07 Å². The molecule has 0 radical (unpaired) electrons. The van der Waals surface area contributed by atoms with Crippen LogP contribution < -0.4 is 5.32 Å². The van der Waals surface area contributed by atoms with Crippen LogP contribution >= 0.6 is 15.9 Å². The lowest BCUT2D eigenvalue weighted by Crippen LogP contribution is -2.33. The van der Waals surface area contributed by atoms with Crippen LogP contribution in [0, 0.1) is 6.92 Å². The second-order valence-corrected chi connectivity index (χ2v) is 4.03. The van der Waals surface area contributed by atoms with E-state index in [9.17, 15) is 18.0 Å². The molecule has 1 aromatic carbocycles. The predicted octanol–water partition coefficient (Wildman–Crippen LogP) is 3.05. The fourth-order valence-electron chi connectivity index (χ4n) is 1.10. The molecule has 0 aliphatic rings. The van der Waals surface area contributed by atoms with E-state index >= 15 is 0 Å². The first-order valence-electron chi connectivity index (χ1n) is 4.41. The molecule has 0 bridgehead atoms. The standard InChI is InChI=1S/C10H9BrF3NO/c1-6-3-2-4-7(8(6)11)9(16)15-5-10(12,13)14/h2-4H,5H2,1H3,(H,15,16). The number of carbonyl (C=O) groups excluding carboxylic acids is 1. The number of nitrogens with one attached hydrogen (secondary N) is 1. The van der Waals surface area contributed by atoms with E-state index in [1.807, 2.05) is 5.32 Å². The van der Waals surface area contributed by atoms with Crippen LogP contribution in [0.4, 0.5) is 13.2 Å². The van der Waals surface area contributed by atoms with Crippen LogP contribution in [0.15, 0.2) is 22.7 Å². The third kappa shape index (κ3) is 3.52. The molecule has 0 saturated heterocycles. The van der Waals surface area contributed by atoms with Crippen LogP contribution in [0.5, 0.6) is 0 Å². The zero-order valence-corrected chi connectivity index (χ0v) is 9.95. The molecule has 0 fully saturated rings. The zero-order chi connectivity index (χ0) is 12.3. The van der Waals surface area contributed by atoms with Crippen molar-refractivity contribution < 1.29 is 18.0 Å². The Labute approximate surface area is 99.0 Å². The van der Waals surface area contributed by atoms with Crippen LogP contribution in [0.1, 0.15) is 15.9 Å². The van der Waals surface area contributed by atoms with E-state index in [1.54, 1.807) is 19.1 Å². The largest absolute Gasteiger partial charge is 0.405 e. The van der Waals surface area contributed by atoms with Gasteiger partial charge in [0, 0.05) is 4.47 Å². The Kier molecular flexibility index (Phi) is 3.96. The molecule has 1 aromatic rings. The molecule has 1 amide bonds. The number of rotatable bonds is 2. The van der Waals surface area contributed by atoms with E-state index in [0.29, 0.717) is 4.47 Å². The Balaban J connectivity index is 2.78. The highest BCUT2D eigenvalue weighted by Gasteiger charge is 2.28. The van der Waals surface area contributed by atoms with Gasteiger partial charge < -0.3 is 5.32 Å². The van der Waals surface area contributed by atoms with E-state index < -0.39 is 18.6 Å². The number of carbonyl (C=O) groups is 1. The topological polar surface area (TPSA) is 29.1 Å². The summed E-state index contributed by atoms with van der Waals surface area (Å²) in [4.78, 5) is 11.4. The van der Waals surface area contributed by atoms with Gasteiger partial charge in [0.05, 0.1) is 5.56 Å². The van der Waals surface area contributed by atoms with E-state index in [2.05, 4.69) is 15.9 Å². The smallest absolute Gasteiger partial charge is 0.343 e. The predicted molar refractivity (Wildman–Crippen MR) is 57.3 cm³/mol. The maximum atomic E-state index is 11.9. The molecule has 16 heavy (non-hydrogen) atoms. The van der Waals surface area contributed by atoms with Crippen molar-refractivity contribution in [1.82, 2.24) is 5.32 Å². The number of hydrogen-bond acceptors (Lipinski definition) is 1. The first-order chi connectivity index (χ1) is 7.31. The van der Waals surface area contributed by atoms with Gasteiger partial charge in [-0.05, 0) is 34.5 Å². The van der Waals surface area contributed by atoms with Gasteiger partial charge in [-0.3, -0.25) is 4.79 Å². The van der Waals surface area contributed by atoms with Crippen molar-refractivity contribution in [3.8, 4) is 0 Å². The fourth-order valence-corrected chi connectivity index (χ4v) is 1.54. The maximum absolute atomic E-state index is 11.9. The molecule has 1 N–H and O–H groups in total. The van der Waals surface area contributed by atoms with Crippen LogP contribution in [0.3, 0.4) is 0 Å². The Morgan fingerprint density at radius 1 is 1.44 bits per heavy atom. The number of amides is 1. The summed E-state index contributed by atoms with van der Waals surface area (Å²) in [6, 6.07) is 4.83. The number of hydrogen-bond donors (Lipinski definition) is 1. The molecule has 0 spiro atoms. The summed E-state index contributed by atoms with van der Waals surface area (Å²) in [7, 11) is 0. The lowest BCUT2D eigenvalue weighted by Gasteiger charge is -2.10. The minimum Gasteiger partial charge on any atom is -0.343 e. The number of aryl methyl sites for hydroxylation is 1. The second kappa shape index (κ2) is 4.86. The Morgan fingerprint density at radius 3 is 2.62 bits per heavy atom. The van der Waals surface area contributed by atoms with Crippen molar-refractivity contribution in [2.45, 2.75) is 13.1 Å². The number of halogens is 4. The van der Waals surface area contributed by atoms with Crippen molar-refractivity contribution in [3.63, 3.8) is 0 Å². The summed E-state index contributed by atoms with van der Waals surface area (Å²) in [6.45, 7) is 0.427. The monoisotopic (exact) mass is 295 g/mol. The molecule has 88 valence electrons. The lowest BCUT2D eigenvalue weighted by atomic mass is 10.1. The summed E-state index contributed by atoms with van der Waals surface area (Å²) in [6.07, 6.45) is -4.40. The van der Waals surface area contributed by atoms with Gasteiger partial charge in [-0.2, -0.15) is 13.2 Å². The SMILES string of the molecule is Cc1cccc(C(=O)NCC(F)(F)F)c1Br. The van der Waals surface area contributed by atoms with Crippen molar-refractivity contribution in [2.24, 2.45) is 0 Å². The molecule has 0 aliphatic heterocycles. The molecule has 0 aliphatic carbocycles. The van der Waals surface area contributed by atoms with Crippen LogP contribution in [0.25, 0.3) is 0 Å². The molecular weight excluding hydrogens is 287 g/mol. The van der Waals surface area contributed by atoms with E-state index in [-0.39, 0.29) is 5.56 Å². The summed E-state index contributed by atoms with van der Waals surface area (Å²) < 4.78 is 36.2. The maximum Gasteiger partial charge on any atom is 0.405 e. The number of alkyl halides is 3. The quantitative estimate of drug-likeness (QED) is 0.893. The van der Waals surface area contributed by atoms with Gasteiger partial charge in [-0.15, -0.1) is 0 Å². The second-order valence-electron chi connectivity index (χ2n) is 3.23. The Hall–Kier alpha value is -1.04. The van der Waals surface area contributed by atoms with Gasteiger partial charge >= 0.3 is 6.18 Å². The minimum absolute atomic E-state index is 0.198. The molecule has 0 unspecified atom stereocenters. The van der Waals surface area contributed by atoms with E-state index in [0.717, 1.165) is 5.56 Å². The van der Waals surface area contributed by atoms with Gasteiger partial charge in [0.25, 0.3) is 5.91 Å². The van der Waals surface area contributed by atoms with Gasteiger partial charge in [0.2, 0.25) is 0 Å². The first-order valence-corrected chi connectivity index (χ1v) is 5.20. The molecule has 0 aromatic heterocycles. The first kappa shape index (κ1) is 13.0. The molecule has 0 atom stereocenters. The molecule has 2 nitrogen and oxygen atoms in total. The fraction of sp³-hybridized carbons (Fsp3) is 0.300. The van der Waals surface area contributed by atoms with Gasteiger partial charge in [-0.25, -0.2) is 0 Å². The highest BCUT2D eigenvalue weighted by molar-refractivity contribution is 9.10. The van der Waals surface area contributed by atoms with E-state index in [4.69, 9.17) is 0 Å². The third-order valence-electron chi connectivity index (χ3n) is 1.89. The van der Waals surface area contributed by atoms with Gasteiger partial charge in [0.15, 0.2) is 0 Å². The summed E-state index contributed by atoms with van der Waals surface area (Å²) in [5, 5.41) is 1.81. The van der Waals surface area contributed by atoms with Crippen LogP contribution in [-0.2, 0) is 0 Å². The van der Waals surface area contributed by atoms with Gasteiger partial charge in [0.1, 0.15) is 6.54 Å². The Bertz CT molecular complexity index is 404. The summed E-state index contributed by atoms with van der Waals surface area (Å²) in [5.74, 6) is -0.743. The molecule has 0 saturated carbocycles. The van der Waals surface area contributed by atoms with Gasteiger partial charge in [-0.1, -0.05) is 12.1 Å². The third-order valence-corrected chi connectivity index (χ3v) is 2.94. The highest BCUT2D eigenvalue weighted by Crippen LogP contribution is 2.21. The normalized spacial score (nSPS) is 11.3. The van der Waals surface area contributed by atoms with Crippen molar-refractivity contribution in [2.75, 3.05) is 6.54 Å². The molecule has 0 heterocycles. The summed E-state index contributed by atoms with van der Waals surface area (Å²) in [5.41, 5.74) is 0.990. The highest BCUT2D eigenvalue weighted by atomic mass is 79.9. The minimum atomic E-state index is -4.40. The average molecular weight is 296 g/mol. The van der Waals surface area contributed by atoms with Crippen LogP contribution in [0.2, 0.25) is 0 Å². The lowest BCUT2D eigenvalue weighted by molar-refractivity contribution is -0.123. The van der Waals surface area contributed by atoms with Crippen molar-refractivity contribution in [3.05, 3.63) is 33.8 Å². The summed E-state index contributed by atoms with van der Waals surface area (Å²) >= 11 is 3.16. The molecule has 6 heteroatoms. The van der Waals surface area contributed by atoms with Crippen LogP contribution in [-0.4, -0.2) is 18.6 Å². The average Bonchev–Trinajstić information content (AvgIpc) is 2.17. The number of benzene rings is 1. The zero-order valence-electron chi connectivity index (χ0n) is 8.36. The molecular formula is C10H9BrF3NO. The molecule has 1 rings (SSSR count).